The number of hydrogen-bond acceptors (Lipinski definition) is 5. The molecule has 148 valence electrons. The number of hydrazone groups is 1. The number of benzene rings is 1. The van der Waals surface area contributed by atoms with Crippen LogP contribution in [0.1, 0.15) is 54.9 Å². The van der Waals surface area contributed by atoms with Gasteiger partial charge in [0.25, 0.3) is 5.91 Å². The van der Waals surface area contributed by atoms with Crippen molar-refractivity contribution < 1.29 is 9.53 Å². The Bertz CT molecular complexity index is 914. The maximum absolute atomic E-state index is 12.1. The third-order valence-electron chi connectivity index (χ3n) is 4.89. The molecule has 0 saturated carbocycles. The Morgan fingerprint density at radius 3 is 2.82 bits per heavy atom. The maximum Gasteiger partial charge on any atom is 0.281 e. The summed E-state index contributed by atoms with van der Waals surface area (Å²) in [6, 6.07) is 7.77. The van der Waals surface area contributed by atoms with E-state index in [2.05, 4.69) is 61.3 Å². The largest absolute Gasteiger partial charge is 0.496 e. The van der Waals surface area contributed by atoms with E-state index in [1.54, 1.807) is 19.4 Å². The molecule has 1 aliphatic rings. The van der Waals surface area contributed by atoms with Crippen molar-refractivity contribution in [1.82, 2.24) is 5.43 Å². The van der Waals surface area contributed by atoms with Gasteiger partial charge >= 0.3 is 0 Å². The number of nitrogens with one attached hydrogen (secondary N) is 1. The lowest BCUT2D eigenvalue weighted by molar-refractivity contribution is 0.0959. The summed E-state index contributed by atoms with van der Waals surface area (Å²) >= 11 is 1.38. The van der Waals surface area contributed by atoms with Gasteiger partial charge in [0.2, 0.25) is 0 Å². The van der Waals surface area contributed by atoms with Gasteiger partial charge in [-0.3, -0.25) is 4.79 Å². The van der Waals surface area contributed by atoms with Crippen LogP contribution in [0.4, 0.5) is 5.69 Å². The summed E-state index contributed by atoms with van der Waals surface area (Å²) in [7, 11) is 1.66. The molecule has 1 aromatic heterocycles. The molecule has 0 aliphatic carbocycles. The summed E-state index contributed by atoms with van der Waals surface area (Å²) in [6.07, 6.45) is 5.01. The van der Waals surface area contributed by atoms with E-state index in [0.717, 1.165) is 24.3 Å². The molecule has 1 N–H and O–H groups in total. The highest BCUT2D eigenvalue weighted by Gasteiger charge is 2.31. The van der Waals surface area contributed by atoms with Crippen molar-refractivity contribution in [1.29, 1.82) is 0 Å². The lowest BCUT2D eigenvalue weighted by atomic mass is 9.87. The van der Waals surface area contributed by atoms with Gasteiger partial charge in [0.05, 0.1) is 23.7 Å². The summed E-state index contributed by atoms with van der Waals surface area (Å²) in [5, 5.41) is 6.00. The number of carbonyl (C=O) groups is 1. The van der Waals surface area contributed by atoms with Crippen LogP contribution in [0.15, 0.2) is 40.8 Å². The monoisotopic (exact) mass is 397 g/mol. The normalized spacial score (nSPS) is 15.3. The number of anilines is 1. The van der Waals surface area contributed by atoms with Crippen molar-refractivity contribution in [2.45, 2.75) is 39.7 Å². The first-order chi connectivity index (χ1) is 13.4. The van der Waals surface area contributed by atoms with Crippen LogP contribution >= 0.6 is 11.3 Å². The van der Waals surface area contributed by atoms with E-state index < -0.39 is 0 Å². The predicted octanol–water partition coefficient (Wildman–Crippen LogP) is 4.93. The van der Waals surface area contributed by atoms with Crippen molar-refractivity contribution in [3.63, 3.8) is 0 Å². The Hall–Kier alpha value is -2.60. The van der Waals surface area contributed by atoms with Gasteiger partial charge in [-0.15, -0.1) is 11.3 Å². The van der Waals surface area contributed by atoms with Gasteiger partial charge in [0, 0.05) is 29.4 Å². The first-order valence-corrected chi connectivity index (χ1v) is 10.3. The summed E-state index contributed by atoms with van der Waals surface area (Å²) in [4.78, 5) is 15.1. The topological polar surface area (TPSA) is 53.9 Å². The highest BCUT2D eigenvalue weighted by molar-refractivity contribution is 7.12. The van der Waals surface area contributed by atoms with Crippen molar-refractivity contribution in [2.24, 2.45) is 5.10 Å². The molecular formula is C22H27N3O2S. The van der Waals surface area contributed by atoms with Gasteiger partial charge in [-0.1, -0.05) is 19.1 Å². The Kier molecular flexibility index (Phi) is 5.89. The molecular weight excluding hydrogens is 370 g/mol. The molecule has 2 aromatic rings. The average Bonchev–Trinajstić information content (AvgIpc) is 3.19. The first-order valence-electron chi connectivity index (χ1n) is 9.43. The molecule has 3 rings (SSSR count). The zero-order chi connectivity index (χ0) is 20.3. The summed E-state index contributed by atoms with van der Waals surface area (Å²) in [6.45, 7) is 9.76. The van der Waals surface area contributed by atoms with Gasteiger partial charge in [0.1, 0.15) is 5.75 Å². The van der Waals surface area contributed by atoms with Crippen LogP contribution in [0.5, 0.6) is 5.75 Å². The molecule has 0 saturated heterocycles. The molecule has 1 amide bonds. The number of carbonyl (C=O) groups excluding carboxylic acids is 1. The number of thiophene rings is 1. The highest BCUT2D eigenvalue weighted by Crippen LogP contribution is 2.41. The maximum atomic E-state index is 12.1. The molecule has 0 bridgehead atoms. The Morgan fingerprint density at radius 1 is 1.39 bits per heavy atom. The molecule has 0 unspecified atom stereocenters. The van der Waals surface area contributed by atoms with Crippen LogP contribution in [0, 0.1) is 0 Å². The van der Waals surface area contributed by atoms with Crippen LogP contribution in [0.2, 0.25) is 0 Å². The fourth-order valence-electron chi connectivity index (χ4n) is 3.65. The molecule has 6 heteroatoms. The van der Waals surface area contributed by atoms with E-state index in [-0.39, 0.29) is 11.4 Å². The van der Waals surface area contributed by atoms with E-state index in [1.807, 2.05) is 11.4 Å². The van der Waals surface area contributed by atoms with Gasteiger partial charge in [-0.05, 0) is 50.3 Å². The van der Waals surface area contributed by atoms with Crippen molar-refractivity contribution in [3.05, 3.63) is 51.7 Å². The number of fused-ring (bicyclic) bond motifs is 1. The zero-order valence-electron chi connectivity index (χ0n) is 17.1. The van der Waals surface area contributed by atoms with Gasteiger partial charge in [0.15, 0.2) is 0 Å². The number of rotatable bonds is 6. The molecule has 0 fully saturated rings. The van der Waals surface area contributed by atoms with Crippen molar-refractivity contribution >= 4 is 34.7 Å². The number of hydrogen-bond donors (Lipinski definition) is 1. The number of allylic oxidation sites excluding steroid dienone is 1. The van der Waals surface area contributed by atoms with E-state index in [0.29, 0.717) is 4.88 Å². The molecule has 2 heterocycles. The SMILES string of the molecule is CCCN1c2cc(OC)c(/C=N/NC(=O)c3cccs3)cc2C(C)=CC1(C)C. The average molecular weight is 398 g/mol. The van der Waals surface area contributed by atoms with Crippen LogP contribution in [0.3, 0.4) is 0 Å². The Labute approximate surface area is 170 Å². The zero-order valence-corrected chi connectivity index (χ0v) is 17.9. The summed E-state index contributed by atoms with van der Waals surface area (Å²) < 4.78 is 5.62. The molecule has 1 aromatic carbocycles. The summed E-state index contributed by atoms with van der Waals surface area (Å²) in [5.74, 6) is 0.523. The first kappa shape index (κ1) is 20.1. The van der Waals surface area contributed by atoms with Crippen LogP contribution in [0.25, 0.3) is 5.57 Å². The molecule has 5 nitrogen and oxygen atoms in total. The minimum atomic E-state index is -0.213. The fraction of sp³-hybridized carbons (Fsp3) is 0.364. The third kappa shape index (κ3) is 3.97. The second-order valence-corrected chi connectivity index (χ2v) is 8.37. The fourth-order valence-corrected chi connectivity index (χ4v) is 4.27. The minimum absolute atomic E-state index is 0.0532. The van der Waals surface area contributed by atoms with Crippen molar-refractivity contribution in [3.8, 4) is 5.75 Å². The molecule has 28 heavy (non-hydrogen) atoms. The Balaban J connectivity index is 1.93. The van der Waals surface area contributed by atoms with Crippen LogP contribution in [-0.4, -0.2) is 31.3 Å². The Morgan fingerprint density at radius 2 is 2.18 bits per heavy atom. The van der Waals surface area contributed by atoms with E-state index in [1.165, 1.54) is 28.2 Å². The predicted molar refractivity (Wildman–Crippen MR) is 118 cm³/mol. The molecule has 1 aliphatic heterocycles. The van der Waals surface area contributed by atoms with E-state index in [4.69, 9.17) is 4.74 Å². The molecule has 0 spiro atoms. The van der Waals surface area contributed by atoms with E-state index >= 15 is 0 Å². The molecule has 0 atom stereocenters. The van der Waals surface area contributed by atoms with Crippen LogP contribution in [-0.2, 0) is 0 Å². The molecule has 0 radical (unpaired) electrons. The van der Waals surface area contributed by atoms with Crippen LogP contribution < -0.4 is 15.1 Å². The van der Waals surface area contributed by atoms with Gasteiger partial charge < -0.3 is 9.64 Å². The number of methoxy groups -OCH3 is 1. The summed E-state index contributed by atoms with van der Waals surface area (Å²) in [5.41, 5.74) is 6.92. The lowest BCUT2D eigenvalue weighted by Crippen LogP contribution is -2.45. The highest BCUT2D eigenvalue weighted by atomic mass is 32.1. The second kappa shape index (κ2) is 8.19. The van der Waals surface area contributed by atoms with Gasteiger partial charge in [-0.25, -0.2) is 5.43 Å². The number of nitrogens with zero attached hydrogens (tertiary/aromatic N) is 2. The number of ether oxygens (including phenoxy) is 1. The lowest BCUT2D eigenvalue weighted by Gasteiger charge is -2.43. The second-order valence-electron chi connectivity index (χ2n) is 7.42. The van der Waals surface area contributed by atoms with E-state index in [9.17, 15) is 4.79 Å². The van der Waals surface area contributed by atoms with Crippen molar-refractivity contribution in [2.75, 3.05) is 18.6 Å². The quantitative estimate of drug-likeness (QED) is 0.555. The standard InChI is InChI=1S/C22H27N3O2S/c1-6-9-25-18-12-19(27-5)16(11-17(18)15(2)13-22(25,3)4)14-23-24-21(26)20-8-7-10-28-20/h7-8,10-14H,6,9H2,1-5H3,(H,24,26)/b23-14+. The minimum Gasteiger partial charge on any atom is -0.496 e. The number of amides is 1. The third-order valence-corrected chi connectivity index (χ3v) is 5.76. The smallest absolute Gasteiger partial charge is 0.281 e. The van der Waals surface area contributed by atoms with Gasteiger partial charge in [-0.2, -0.15) is 5.10 Å².